The zero-order chi connectivity index (χ0) is 15.6. The molecule has 0 bridgehead atoms. The van der Waals surface area contributed by atoms with E-state index in [-0.39, 0.29) is 18.5 Å². The first-order chi connectivity index (χ1) is 10.7. The molecule has 1 saturated carbocycles. The van der Waals surface area contributed by atoms with E-state index in [1.807, 2.05) is 31.2 Å². The van der Waals surface area contributed by atoms with Crippen LogP contribution in [0.15, 0.2) is 24.3 Å². The third kappa shape index (κ3) is 2.56. The number of nitrogens with one attached hydrogen (secondary N) is 1. The van der Waals surface area contributed by atoms with Gasteiger partial charge in [0, 0.05) is 5.56 Å². The molecule has 1 aromatic carbocycles. The summed E-state index contributed by atoms with van der Waals surface area (Å²) in [5, 5.41) is 2.94. The van der Waals surface area contributed by atoms with Gasteiger partial charge in [-0.1, -0.05) is 37.5 Å². The quantitative estimate of drug-likeness (QED) is 0.870. The van der Waals surface area contributed by atoms with E-state index in [1.54, 1.807) is 0 Å². The molecule has 1 saturated heterocycles. The van der Waals surface area contributed by atoms with Crippen LogP contribution in [-0.2, 0) is 11.3 Å². The molecule has 1 spiro atoms. The molecule has 5 heteroatoms. The molecular weight excluding hydrogens is 280 g/mol. The van der Waals surface area contributed by atoms with E-state index in [4.69, 9.17) is 4.74 Å². The first kappa shape index (κ1) is 14.9. The number of hydrogen-bond donors (Lipinski definition) is 1. The number of nitrogens with zero attached hydrogens (tertiary/aromatic N) is 1. The van der Waals surface area contributed by atoms with Gasteiger partial charge in [-0.2, -0.15) is 0 Å². The summed E-state index contributed by atoms with van der Waals surface area (Å²) in [7, 11) is 0. The molecule has 0 aromatic heterocycles. The van der Waals surface area contributed by atoms with Crippen LogP contribution in [0.5, 0.6) is 5.75 Å². The number of rotatable bonds is 4. The van der Waals surface area contributed by atoms with Crippen LogP contribution in [0.4, 0.5) is 4.79 Å². The molecule has 1 aliphatic heterocycles. The van der Waals surface area contributed by atoms with Crippen LogP contribution in [0.25, 0.3) is 0 Å². The Kier molecular flexibility index (Phi) is 4.05. The van der Waals surface area contributed by atoms with Crippen LogP contribution in [0.2, 0.25) is 0 Å². The summed E-state index contributed by atoms with van der Waals surface area (Å²) < 4.78 is 5.59. The summed E-state index contributed by atoms with van der Waals surface area (Å²) in [6, 6.07) is 7.28. The maximum absolute atomic E-state index is 12.8. The lowest BCUT2D eigenvalue weighted by Crippen LogP contribution is -2.48. The molecule has 118 valence electrons. The summed E-state index contributed by atoms with van der Waals surface area (Å²) in [5.74, 6) is 0.652. The van der Waals surface area contributed by atoms with E-state index >= 15 is 0 Å². The Morgan fingerprint density at radius 2 is 1.91 bits per heavy atom. The maximum Gasteiger partial charge on any atom is 0.325 e. The van der Waals surface area contributed by atoms with E-state index < -0.39 is 5.54 Å². The van der Waals surface area contributed by atoms with Crippen molar-refractivity contribution in [3.63, 3.8) is 0 Å². The third-order valence-corrected chi connectivity index (χ3v) is 4.55. The van der Waals surface area contributed by atoms with E-state index in [2.05, 4.69) is 5.32 Å². The fourth-order valence-electron chi connectivity index (χ4n) is 3.42. The number of ether oxygens (including phenoxy) is 1. The van der Waals surface area contributed by atoms with Crippen LogP contribution in [0.1, 0.15) is 44.6 Å². The van der Waals surface area contributed by atoms with Crippen molar-refractivity contribution in [2.75, 3.05) is 6.61 Å². The van der Waals surface area contributed by atoms with E-state index in [1.165, 1.54) is 4.90 Å². The third-order valence-electron chi connectivity index (χ3n) is 4.55. The highest BCUT2D eigenvalue weighted by atomic mass is 16.5. The normalized spacial score (nSPS) is 20.3. The molecule has 1 aromatic rings. The van der Waals surface area contributed by atoms with Crippen molar-refractivity contribution in [1.82, 2.24) is 10.2 Å². The summed E-state index contributed by atoms with van der Waals surface area (Å²) in [5.41, 5.74) is 0.205. The lowest BCUT2D eigenvalue weighted by Gasteiger charge is -2.30. The smallest absolute Gasteiger partial charge is 0.325 e. The Morgan fingerprint density at radius 1 is 1.18 bits per heavy atom. The van der Waals surface area contributed by atoms with Gasteiger partial charge < -0.3 is 10.1 Å². The van der Waals surface area contributed by atoms with Crippen LogP contribution in [0, 0.1) is 0 Å². The standard InChI is InChI=1S/C17H22N2O3/c1-2-22-14-9-5-4-8-13(14)12-19-15(20)17(18-16(19)21)10-6-3-7-11-17/h4-5,8-9H,2-3,6-7,10-12H2,1H3,(H,18,21). The van der Waals surface area contributed by atoms with E-state index in [9.17, 15) is 9.59 Å². The molecule has 1 aliphatic carbocycles. The molecule has 1 heterocycles. The van der Waals surface area contributed by atoms with Gasteiger partial charge in [-0.05, 0) is 25.8 Å². The number of amides is 3. The molecule has 0 unspecified atom stereocenters. The number of imide groups is 1. The second-order valence-corrected chi connectivity index (χ2v) is 6.00. The highest BCUT2D eigenvalue weighted by molar-refractivity contribution is 6.07. The molecule has 0 atom stereocenters. The highest BCUT2D eigenvalue weighted by Crippen LogP contribution is 2.34. The van der Waals surface area contributed by atoms with Gasteiger partial charge in [-0.25, -0.2) is 4.79 Å². The van der Waals surface area contributed by atoms with E-state index in [0.29, 0.717) is 6.61 Å². The number of urea groups is 1. The van der Waals surface area contributed by atoms with Crippen molar-refractivity contribution in [3.8, 4) is 5.75 Å². The van der Waals surface area contributed by atoms with Crippen LogP contribution < -0.4 is 10.1 Å². The predicted molar refractivity (Wildman–Crippen MR) is 82.5 cm³/mol. The number of carbonyl (C=O) groups is 2. The molecule has 22 heavy (non-hydrogen) atoms. The average molecular weight is 302 g/mol. The van der Waals surface area contributed by atoms with Gasteiger partial charge in [-0.3, -0.25) is 9.69 Å². The fourth-order valence-corrected chi connectivity index (χ4v) is 3.42. The molecule has 5 nitrogen and oxygen atoms in total. The van der Waals surface area contributed by atoms with Crippen molar-refractivity contribution in [2.45, 2.75) is 51.1 Å². The first-order valence-corrected chi connectivity index (χ1v) is 8.01. The Bertz CT molecular complexity index is 579. The fraction of sp³-hybridized carbons (Fsp3) is 0.529. The molecule has 0 radical (unpaired) electrons. The van der Waals surface area contributed by atoms with Gasteiger partial charge in [0.1, 0.15) is 11.3 Å². The number of hydrogen-bond acceptors (Lipinski definition) is 3. The summed E-state index contributed by atoms with van der Waals surface area (Å²) >= 11 is 0. The summed E-state index contributed by atoms with van der Waals surface area (Å²) in [6.07, 6.45) is 4.63. The monoisotopic (exact) mass is 302 g/mol. The molecule has 3 rings (SSSR count). The molecule has 2 aliphatic rings. The highest BCUT2D eigenvalue weighted by Gasteiger charge is 2.51. The number of benzene rings is 1. The van der Waals surface area contributed by atoms with Crippen LogP contribution >= 0.6 is 0 Å². The Labute approximate surface area is 130 Å². The Morgan fingerprint density at radius 3 is 2.64 bits per heavy atom. The van der Waals surface area contributed by atoms with Crippen molar-refractivity contribution in [1.29, 1.82) is 0 Å². The second kappa shape index (κ2) is 5.99. The maximum atomic E-state index is 12.8. The summed E-state index contributed by atoms with van der Waals surface area (Å²) in [6.45, 7) is 2.74. The second-order valence-electron chi connectivity index (χ2n) is 6.00. The SMILES string of the molecule is CCOc1ccccc1CN1C(=O)NC2(CCCCC2)C1=O. The van der Waals surface area contributed by atoms with Gasteiger partial charge >= 0.3 is 6.03 Å². The van der Waals surface area contributed by atoms with Crippen molar-refractivity contribution >= 4 is 11.9 Å². The van der Waals surface area contributed by atoms with Crippen molar-refractivity contribution in [3.05, 3.63) is 29.8 Å². The molecular formula is C17H22N2O3. The minimum Gasteiger partial charge on any atom is -0.494 e. The zero-order valence-electron chi connectivity index (χ0n) is 12.9. The van der Waals surface area contributed by atoms with Gasteiger partial charge in [0.25, 0.3) is 5.91 Å². The number of para-hydroxylation sites is 1. The molecule has 2 fully saturated rings. The van der Waals surface area contributed by atoms with Crippen LogP contribution in [-0.4, -0.2) is 29.0 Å². The van der Waals surface area contributed by atoms with Gasteiger partial charge in [0.15, 0.2) is 0 Å². The molecule has 3 amide bonds. The predicted octanol–water partition coefficient (Wildman–Crippen LogP) is 2.84. The Hall–Kier alpha value is -2.04. The van der Waals surface area contributed by atoms with Gasteiger partial charge in [-0.15, -0.1) is 0 Å². The Balaban J connectivity index is 1.81. The molecule has 1 N–H and O–H groups in total. The first-order valence-electron chi connectivity index (χ1n) is 8.01. The van der Waals surface area contributed by atoms with Crippen molar-refractivity contribution in [2.24, 2.45) is 0 Å². The summed E-state index contributed by atoms with van der Waals surface area (Å²) in [4.78, 5) is 26.4. The largest absolute Gasteiger partial charge is 0.494 e. The van der Waals surface area contributed by atoms with E-state index in [0.717, 1.165) is 43.4 Å². The minimum absolute atomic E-state index is 0.0801. The zero-order valence-corrected chi connectivity index (χ0v) is 12.9. The van der Waals surface area contributed by atoms with Crippen molar-refractivity contribution < 1.29 is 14.3 Å². The van der Waals surface area contributed by atoms with Crippen LogP contribution in [0.3, 0.4) is 0 Å². The van der Waals surface area contributed by atoms with Gasteiger partial charge in [0.2, 0.25) is 0 Å². The lowest BCUT2D eigenvalue weighted by molar-refractivity contribution is -0.132. The minimum atomic E-state index is -0.657. The van der Waals surface area contributed by atoms with Gasteiger partial charge in [0.05, 0.1) is 13.2 Å². The number of carbonyl (C=O) groups excluding carboxylic acids is 2. The topological polar surface area (TPSA) is 58.6 Å². The lowest BCUT2D eigenvalue weighted by atomic mass is 9.82. The average Bonchev–Trinajstić information content (AvgIpc) is 2.74.